The van der Waals surface area contributed by atoms with E-state index in [1.807, 2.05) is 35.4 Å². The molecule has 1 atom stereocenters. The van der Waals surface area contributed by atoms with Crippen molar-refractivity contribution in [1.29, 1.82) is 0 Å². The van der Waals surface area contributed by atoms with Crippen molar-refractivity contribution < 1.29 is 9.59 Å². The van der Waals surface area contributed by atoms with Crippen LogP contribution < -0.4 is 4.90 Å². The Bertz CT molecular complexity index is 857. The van der Waals surface area contributed by atoms with Crippen LogP contribution in [0.4, 0.5) is 5.82 Å². The average Bonchev–Trinajstić information content (AvgIpc) is 3.16. The summed E-state index contributed by atoms with van der Waals surface area (Å²) in [6, 6.07) is 7.93. The maximum absolute atomic E-state index is 13.1. The highest BCUT2D eigenvalue weighted by atomic mass is 32.1. The van der Waals surface area contributed by atoms with Crippen LogP contribution in [0, 0.1) is 5.92 Å². The molecule has 1 aliphatic heterocycles. The largest absolute Gasteiger partial charge is 0.353 e. The van der Waals surface area contributed by atoms with Gasteiger partial charge in [-0.25, -0.2) is 4.98 Å². The van der Waals surface area contributed by atoms with Gasteiger partial charge in [0, 0.05) is 57.3 Å². The number of pyridine rings is 1. The Morgan fingerprint density at radius 1 is 1.18 bits per heavy atom. The highest BCUT2D eigenvalue weighted by molar-refractivity contribution is 7.14. The minimum absolute atomic E-state index is 0.0332. The maximum atomic E-state index is 13.1. The van der Waals surface area contributed by atoms with Gasteiger partial charge in [0.25, 0.3) is 5.91 Å². The molecule has 0 aromatic carbocycles. The zero-order valence-electron chi connectivity index (χ0n) is 16.4. The molecule has 0 N–H and O–H groups in total. The molecular weight excluding hydrogens is 372 g/mol. The minimum Gasteiger partial charge on any atom is -0.353 e. The monoisotopic (exact) mass is 398 g/mol. The van der Waals surface area contributed by atoms with Crippen molar-refractivity contribution in [2.24, 2.45) is 5.92 Å². The molecule has 6 nitrogen and oxygen atoms in total. The lowest BCUT2D eigenvalue weighted by molar-refractivity contribution is -0.136. The number of anilines is 1. The number of carbonyl (C=O) groups is 2. The summed E-state index contributed by atoms with van der Waals surface area (Å²) in [5.41, 5.74) is 1.19. The molecule has 3 heterocycles. The second-order valence-corrected chi connectivity index (χ2v) is 8.84. The number of piperazine rings is 1. The van der Waals surface area contributed by atoms with E-state index in [4.69, 9.17) is 0 Å². The Morgan fingerprint density at radius 2 is 1.96 bits per heavy atom. The summed E-state index contributed by atoms with van der Waals surface area (Å²) in [4.78, 5) is 37.6. The molecule has 2 aromatic heterocycles. The van der Waals surface area contributed by atoms with Gasteiger partial charge >= 0.3 is 0 Å². The molecule has 2 amide bonds. The van der Waals surface area contributed by atoms with Crippen LogP contribution in [0.1, 0.15) is 26.5 Å². The summed E-state index contributed by atoms with van der Waals surface area (Å²) in [6.07, 6.45) is 4.34. The van der Waals surface area contributed by atoms with Crippen LogP contribution in [0.3, 0.4) is 0 Å². The van der Waals surface area contributed by atoms with Gasteiger partial charge in [-0.1, -0.05) is 6.07 Å². The maximum Gasteiger partial charge on any atom is 0.263 e. The Kier molecular flexibility index (Phi) is 5.35. The summed E-state index contributed by atoms with van der Waals surface area (Å²) in [7, 11) is 3.55. The van der Waals surface area contributed by atoms with E-state index in [0.717, 1.165) is 56.1 Å². The second kappa shape index (κ2) is 7.91. The van der Waals surface area contributed by atoms with Crippen LogP contribution in [0.2, 0.25) is 0 Å². The molecular formula is C21H26N4O2S. The third-order valence-corrected chi connectivity index (χ3v) is 6.84. The fraction of sp³-hybridized carbons (Fsp3) is 0.476. The van der Waals surface area contributed by atoms with E-state index >= 15 is 0 Å². The van der Waals surface area contributed by atoms with Gasteiger partial charge in [0.2, 0.25) is 5.91 Å². The fourth-order valence-electron chi connectivity index (χ4n) is 4.02. The quantitative estimate of drug-likeness (QED) is 0.796. The molecule has 1 fully saturated rings. The third kappa shape index (κ3) is 3.76. The van der Waals surface area contributed by atoms with Crippen LogP contribution in [-0.2, 0) is 17.6 Å². The predicted octanol–water partition coefficient (Wildman–Crippen LogP) is 2.30. The number of nitrogens with zero attached hydrogens (tertiary/aromatic N) is 4. The molecule has 0 radical (unpaired) electrons. The Labute approximate surface area is 169 Å². The van der Waals surface area contributed by atoms with Gasteiger partial charge in [-0.15, -0.1) is 11.3 Å². The van der Waals surface area contributed by atoms with Crippen molar-refractivity contribution in [3.63, 3.8) is 0 Å². The number of thiophene rings is 1. The number of hydrogen-bond acceptors (Lipinski definition) is 5. The third-order valence-electron chi connectivity index (χ3n) is 5.61. The molecule has 0 bridgehead atoms. The average molecular weight is 399 g/mol. The van der Waals surface area contributed by atoms with Crippen molar-refractivity contribution in [2.45, 2.75) is 19.3 Å². The minimum atomic E-state index is 0.0332. The topological polar surface area (TPSA) is 56.8 Å². The summed E-state index contributed by atoms with van der Waals surface area (Å²) in [5, 5.41) is 0. The smallest absolute Gasteiger partial charge is 0.263 e. The summed E-state index contributed by atoms with van der Waals surface area (Å²) >= 11 is 1.59. The van der Waals surface area contributed by atoms with Gasteiger partial charge in [0.1, 0.15) is 5.82 Å². The van der Waals surface area contributed by atoms with E-state index in [2.05, 4.69) is 9.88 Å². The molecule has 0 spiro atoms. The number of fused-ring (bicyclic) bond motifs is 1. The van der Waals surface area contributed by atoms with Crippen LogP contribution >= 0.6 is 11.3 Å². The SMILES string of the molecule is CN(C)C(=O)c1cc2c(s1)CC[C@H](C(=O)N1CCN(c3ccccn3)CC1)C2. The Balaban J connectivity index is 1.37. The van der Waals surface area contributed by atoms with Crippen molar-refractivity contribution in [2.75, 3.05) is 45.2 Å². The molecule has 0 unspecified atom stereocenters. The molecule has 2 aliphatic rings. The van der Waals surface area contributed by atoms with Crippen molar-refractivity contribution in [3.8, 4) is 0 Å². The molecule has 2 aromatic rings. The lowest BCUT2D eigenvalue weighted by atomic mass is 9.87. The van der Waals surface area contributed by atoms with Gasteiger partial charge in [0.15, 0.2) is 0 Å². The molecule has 148 valence electrons. The first-order chi connectivity index (χ1) is 13.5. The van der Waals surface area contributed by atoms with Crippen LogP contribution in [0.5, 0.6) is 0 Å². The highest BCUT2D eigenvalue weighted by Gasteiger charge is 2.32. The van der Waals surface area contributed by atoms with Gasteiger partial charge in [-0.2, -0.15) is 0 Å². The van der Waals surface area contributed by atoms with Crippen molar-refractivity contribution >= 4 is 29.0 Å². The Hall–Kier alpha value is -2.41. The number of aromatic nitrogens is 1. The fourth-order valence-corrected chi connectivity index (χ4v) is 5.24. The summed E-state index contributed by atoms with van der Waals surface area (Å²) in [6.45, 7) is 3.13. The standard InChI is InChI=1S/C21H26N4O2S/c1-23(2)21(27)18-14-16-13-15(6-7-17(16)28-18)20(26)25-11-9-24(10-12-25)19-5-3-4-8-22-19/h3-5,8,14-15H,6-7,9-13H2,1-2H3/t15-/m0/s1. The van der Waals surface area contributed by atoms with Gasteiger partial charge in [-0.05, 0) is 43.0 Å². The normalized spacial score (nSPS) is 19.3. The zero-order chi connectivity index (χ0) is 19.7. The molecule has 1 saturated heterocycles. The van der Waals surface area contributed by atoms with Crippen molar-refractivity contribution in [1.82, 2.24) is 14.8 Å². The number of hydrogen-bond donors (Lipinski definition) is 0. The van der Waals surface area contributed by atoms with E-state index in [1.54, 1.807) is 30.3 Å². The van der Waals surface area contributed by atoms with E-state index < -0.39 is 0 Å². The van der Waals surface area contributed by atoms with Gasteiger partial charge in [0.05, 0.1) is 4.88 Å². The molecule has 1 aliphatic carbocycles. The number of aryl methyl sites for hydroxylation is 1. The molecule has 0 saturated carbocycles. The molecule has 4 rings (SSSR count). The summed E-state index contributed by atoms with van der Waals surface area (Å²) < 4.78 is 0. The van der Waals surface area contributed by atoms with Crippen LogP contribution in [-0.4, -0.2) is 66.9 Å². The van der Waals surface area contributed by atoms with Crippen LogP contribution in [0.15, 0.2) is 30.5 Å². The first-order valence-electron chi connectivity index (χ1n) is 9.81. The second-order valence-electron chi connectivity index (χ2n) is 7.70. The van der Waals surface area contributed by atoms with Crippen molar-refractivity contribution in [3.05, 3.63) is 45.8 Å². The van der Waals surface area contributed by atoms with Gasteiger partial charge < -0.3 is 14.7 Å². The zero-order valence-corrected chi connectivity index (χ0v) is 17.2. The number of carbonyl (C=O) groups excluding carboxylic acids is 2. The van der Waals surface area contributed by atoms with E-state index in [-0.39, 0.29) is 17.7 Å². The molecule has 7 heteroatoms. The van der Waals surface area contributed by atoms with Crippen LogP contribution in [0.25, 0.3) is 0 Å². The van der Waals surface area contributed by atoms with Gasteiger partial charge in [-0.3, -0.25) is 9.59 Å². The van der Waals surface area contributed by atoms with E-state index in [1.165, 1.54) is 10.4 Å². The predicted molar refractivity (Wildman–Crippen MR) is 111 cm³/mol. The first-order valence-corrected chi connectivity index (χ1v) is 10.6. The lowest BCUT2D eigenvalue weighted by Crippen LogP contribution is -2.51. The Morgan fingerprint density at radius 3 is 2.64 bits per heavy atom. The summed E-state index contributed by atoms with van der Waals surface area (Å²) in [5.74, 6) is 1.32. The number of amides is 2. The highest BCUT2D eigenvalue weighted by Crippen LogP contribution is 2.33. The van der Waals surface area contributed by atoms with E-state index in [0.29, 0.717) is 0 Å². The number of rotatable bonds is 3. The molecule has 28 heavy (non-hydrogen) atoms. The lowest BCUT2D eigenvalue weighted by Gasteiger charge is -2.37. The van der Waals surface area contributed by atoms with E-state index in [9.17, 15) is 9.59 Å². The first kappa shape index (κ1) is 18.9.